The van der Waals surface area contributed by atoms with Crippen molar-refractivity contribution in [3.05, 3.63) is 0 Å². The van der Waals surface area contributed by atoms with E-state index in [4.69, 9.17) is 0 Å². The second-order valence-corrected chi connectivity index (χ2v) is 9.25. The summed E-state index contributed by atoms with van der Waals surface area (Å²) in [6, 6.07) is 0. The van der Waals surface area contributed by atoms with E-state index in [0.717, 1.165) is 23.0 Å². The lowest BCUT2D eigenvalue weighted by molar-refractivity contribution is -0.109. The zero-order valence-electron chi connectivity index (χ0n) is 10.2. The Morgan fingerprint density at radius 1 is 0.611 bits per heavy atom. The molecule has 104 valence electrons. The zero-order chi connectivity index (χ0) is 13.1. The SMILES string of the molecule is O=C1CSCC(=O)SCCSCCCSCCS1. The van der Waals surface area contributed by atoms with E-state index < -0.39 is 0 Å². The number of rotatable bonds is 0. The standard InChI is InChI=1S/C11H18O2S5/c12-10-8-16-9-11(13)18-7-5-15-3-1-2-14-4-6-17-10/h1-9H2. The second-order valence-electron chi connectivity index (χ2n) is 3.51. The van der Waals surface area contributed by atoms with E-state index in [1.165, 1.54) is 53.2 Å². The highest BCUT2D eigenvalue weighted by molar-refractivity contribution is 8.18. The van der Waals surface area contributed by atoms with Gasteiger partial charge in [-0.15, -0.1) is 11.8 Å². The molecule has 2 nitrogen and oxygen atoms in total. The molecule has 7 heteroatoms. The fraction of sp³-hybridized carbons (Fsp3) is 0.818. The molecule has 1 saturated heterocycles. The van der Waals surface area contributed by atoms with Crippen LogP contribution in [0.3, 0.4) is 0 Å². The van der Waals surface area contributed by atoms with Crippen molar-refractivity contribution in [3.63, 3.8) is 0 Å². The number of carbonyl (C=O) groups excluding carboxylic acids is 2. The highest BCUT2D eigenvalue weighted by Crippen LogP contribution is 2.17. The Bertz CT molecular complexity index is 236. The first-order valence-electron chi connectivity index (χ1n) is 5.83. The fourth-order valence-electron chi connectivity index (χ4n) is 1.20. The summed E-state index contributed by atoms with van der Waals surface area (Å²) in [5, 5.41) is 0.419. The quantitative estimate of drug-likeness (QED) is 0.669. The first-order chi connectivity index (χ1) is 8.79. The predicted molar refractivity (Wildman–Crippen MR) is 91.5 cm³/mol. The molecule has 1 fully saturated rings. The monoisotopic (exact) mass is 342 g/mol. The molecule has 0 aromatic rings. The molecular formula is C11H18O2S5. The van der Waals surface area contributed by atoms with Crippen LogP contribution in [0.2, 0.25) is 0 Å². The van der Waals surface area contributed by atoms with Crippen molar-refractivity contribution in [2.24, 2.45) is 0 Å². The van der Waals surface area contributed by atoms with Crippen molar-refractivity contribution in [1.29, 1.82) is 0 Å². The van der Waals surface area contributed by atoms with Crippen LogP contribution in [0.4, 0.5) is 0 Å². The average Bonchev–Trinajstić information content (AvgIpc) is 2.34. The highest BCUT2D eigenvalue weighted by atomic mass is 32.2. The van der Waals surface area contributed by atoms with E-state index in [0.29, 0.717) is 11.5 Å². The molecule has 18 heavy (non-hydrogen) atoms. The minimum absolute atomic E-state index is 0.209. The maximum Gasteiger partial charge on any atom is 0.198 e. The van der Waals surface area contributed by atoms with Gasteiger partial charge in [0.2, 0.25) is 0 Å². The third-order valence-electron chi connectivity index (χ3n) is 2.00. The van der Waals surface area contributed by atoms with Crippen LogP contribution in [-0.2, 0) is 9.59 Å². The van der Waals surface area contributed by atoms with Crippen LogP contribution in [0, 0.1) is 0 Å². The summed E-state index contributed by atoms with van der Waals surface area (Å²) in [4.78, 5) is 23.0. The fourth-order valence-corrected chi connectivity index (χ4v) is 6.15. The Labute approximate surface area is 130 Å². The highest BCUT2D eigenvalue weighted by Gasteiger charge is 2.07. The van der Waals surface area contributed by atoms with Gasteiger partial charge in [0.1, 0.15) is 0 Å². The Morgan fingerprint density at radius 3 is 1.61 bits per heavy atom. The van der Waals surface area contributed by atoms with Crippen LogP contribution in [0.25, 0.3) is 0 Å². The van der Waals surface area contributed by atoms with Gasteiger partial charge < -0.3 is 0 Å². The van der Waals surface area contributed by atoms with Gasteiger partial charge in [-0.1, -0.05) is 23.5 Å². The lowest BCUT2D eigenvalue weighted by atomic mass is 10.6. The van der Waals surface area contributed by atoms with E-state index in [9.17, 15) is 9.59 Å². The molecule has 1 aliphatic heterocycles. The molecule has 1 heterocycles. The van der Waals surface area contributed by atoms with Crippen molar-refractivity contribution in [3.8, 4) is 0 Å². The largest absolute Gasteiger partial charge is 0.286 e. The molecule has 0 aliphatic carbocycles. The molecule has 0 radical (unpaired) electrons. The molecule has 0 N–H and O–H groups in total. The van der Waals surface area contributed by atoms with Crippen molar-refractivity contribution in [1.82, 2.24) is 0 Å². The summed E-state index contributed by atoms with van der Waals surface area (Å²) in [6.45, 7) is 0. The maximum absolute atomic E-state index is 11.5. The predicted octanol–water partition coefficient (Wildman–Crippen LogP) is 3.11. The van der Waals surface area contributed by atoms with E-state index in [1.807, 2.05) is 23.5 Å². The van der Waals surface area contributed by atoms with Crippen molar-refractivity contribution in [2.75, 3.05) is 46.0 Å². The minimum atomic E-state index is 0.209. The molecule has 0 amide bonds. The molecule has 0 aromatic carbocycles. The molecule has 0 unspecified atom stereocenters. The lowest BCUT2D eigenvalue weighted by Crippen LogP contribution is -2.04. The molecule has 0 atom stereocenters. The third kappa shape index (κ3) is 9.95. The number of thioether (sulfide) groups is 5. The van der Waals surface area contributed by atoms with E-state index in [-0.39, 0.29) is 10.2 Å². The van der Waals surface area contributed by atoms with Crippen molar-refractivity contribution < 1.29 is 9.59 Å². The Balaban J connectivity index is 2.22. The molecule has 0 spiro atoms. The second kappa shape index (κ2) is 11.9. The molecular weight excluding hydrogens is 324 g/mol. The van der Waals surface area contributed by atoms with Crippen LogP contribution in [0.15, 0.2) is 0 Å². The van der Waals surface area contributed by atoms with Gasteiger partial charge in [0.25, 0.3) is 0 Å². The van der Waals surface area contributed by atoms with Gasteiger partial charge in [0, 0.05) is 23.0 Å². The van der Waals surface area contributed by atoms with Crippen LogP contribution < -0.4 is 0 Å². The summed E-state index contributed by atoms with van der Waals surface area (Å²) in [7, 11) is 0. The molecule has 0 aromatic heterocycles. The van der Waals surface area contributed by atoms with Crippen molar-refractivity contribution in [2.45, 2.75) is 6.42 Å². The number of hydrogen-bond acceptors (Lipinski definition) is 7. The van der Waals surface area contributed by atoms with Crippen molar-refractivity contribution >= 4 is 69.0 Å². The van der Waals surface area contributed by atoms with Gasteiger partial charge in [-0.3, -0.25) is 9.59 Å². The molecule has 1 aliphatic rings. The van der Waals surface area contributed by atoms with E-state index >= 15 is 0 Å². The Morgan fingerprint density at radius 2 is 1.11 bits per heavy atom. The summed E-state index contributed by atoms with van der Waals surface area (Å²) >= 11 is 8.15. The summed E-state index contributed by atoms with van der Waals surface area (Å²) in [5.41, 5.74) is 0. The summed E-state index contributed by atoms with van der Waals surface area (Å²) in [6.07, 6.45) is 1.22. The van der Waals surface area contributed by atoms with Crippen LogP contribution in [0.1, 0.15) is 6.42 Å². The zero-order valence-corrected chi connectivity index (χ0v) is 14.3. The normalized spacial score (nSPS) is 22.9. The summed E-state index contributed by atoms with van der Waals surface area (Å²) in [5.74, 6) is 7.22. The van der Waals surface area contributed by atoms with Crippen LogP contribution >= 0.6 is 58.8 Å². The van der Waals surface area contributed by atoms with Gasteiger partial charge in [-0.25, -0.2) is 0 Å². The van der Waals surface area contributed by atoms with E-state index in [1.54, 1.807) is 0 Å². The van der Waals surface area contributed by atoms with Gasteiger partial charge in [0.15, 0.2) is 10.2 Å². The van der Waals surface area contributed by atoms with Crippen LogP contribution in [0.5, 0.6) is 0 Å². The maximum atomic E-state index is 11.5. The lowest BCUT2D eigenvalue weighted by Gasteiger charge is -2.04. The van der Waals surface area contributed by atoms with Gasteiger partial charge >= 0.3 is 0 Å². The van der Waals surface area contributed by atoms with Gasteiger partial charge in [0.05, 0.1) is 11.5 Å². The third-order valence-corrected chi connectivity index (χ3v) is 7.70. The molecule has 0 saturated carbocycles. The number of hydrogen-bond donors (Lipinski definition) is 0. The smallest absolute Gasteiger partial charge is 0.198 e. The molecule has 0 bridgehead atoms. The summed E-state index contributed by atoms with van der Waals surface area (Å²) < 4.78 is 0. The topological polar surface area (TPSA) is 34.1 Å². The average molecular weight is 343 g/mol. The molecule has 1 rings (SSSR count). The minimum Gasteiger partial charge on any atom is -0.286 e. The Kier molecular flexibility index (Phi) is 11.3. The first kappa shape index (κ1) is 17.1. The van der Waals surface area contributed by atoms with E-state index in [2.05, 4.69) is 0 Å². The number of carbonyl (C=O) groups is 2. The van der Waals surface area contributed by atoms with Gasteiger partial charge in [-0.2, -0.15) is 23.5 Å². The Hall–Kier alpha value is 1.09. The van der Waals surface area contributed by atoms with Gasteiger partial charge in [-0.05, 0) is 17.9 Å². The first-order valence-corrected chi connectivity index (χ1v) is 11.3. The van der Waals surface area contributed by atoms with Crippen LogP contribution in [-0.4, -0.2) is 56.3 Å².